The second kappa shape index (κ2) is 13.3. The van der Waals surface area contributed by atoms with E-state index in [9.17, 15) is 22.9 Å². The first-order chi connectivity index (χ1) is 20.9. The van der Waals surface area contributed by atoms with Crippen molar-refractivity contribution in [3.05, 3.63) is 96.4 Å². The average Bonchev–Trinajstić information content (AvgIpc) is 2.97. The van der Waals surface area contributed by atoms with Crippen LogP contribution in [0.4, 0.5) is 22.7 Å². The average molecular weight is 671 g/mol. The molecule has 0 atom stereocenters. The third kappa shape index (κ3) is 6.81. The fourth-order valence-electron chi connectivity index (χ4n) is 4.96. The monoisotopic (exact) mass is 670 g/mol. The molecule has 0 heterocycles. The Balaban J connectivity index is 0.00000461. The number of phenols is 1. The Bertz CT molecular complexity index is 2070. The van der Waals surface area contributed by atoms with Crippen molar-refractivity contribution in [2.24, 2.45) is 10.2 Å². The molecule has 0 aliphatic carbocycles. The fourth-order valence-corrected chi connectivity index (χ4v) is 5.51. The zero-order valence-electron chi connectivity index (χ0n) is 24.5. The number of azo groups is 1. The minimum Gasteiger partial charge on any atom is -0.523 e. The van der Waals surface area contributed by atoms with Crippen LogP contribution < -0.4 is 14.9 Å². The van der Waals surface area contributed by atoms with Crippen LogP contribution in [-0.4, -0.2) is 45.6 Å². The van der Waals surface area contributed by atoms with Gasteiger partial charge in [-0.2, -0.15) is 8.42 Å². The van der Waals surface area contributed by atoms with Gasteiger partial charge in [-0.05, 0) is 104 Å². The number of fused-ring (bicyclic) bond motifs is 2. The van der Waals surface area contributed by atoms with Gasteiger partial charge in [0.1, 0.15) is 17.1 Å². The molecule has 0 saturated heterocycles. The molecule has 2 radical (unpaired) electrons. The van der Waals surface area contributed by atoms with E-state index in [1.54, 1.807) is 50.4 Å². The van der Waals surface area contributed by atoms with E-state index >= 15 is 0 Å². The van der Waals surface area contributed by atoms with Gasteiger partial charge >= 0.3 is 17.1 Å². The van der Waals surface area contributed by atoms with Crippen molar-refractivity contribution in [2.75, 3.05) is 23.8 Å². The van der Waals surface area contributed by atoms with Gasteiger partial charge in [-0.3, -0.25) is 9.35 Å². The van der Waals surface area contributed by atoms with Crippen LogP contribution in [0.5, 0.6) is 11.5 Å². The predicted molar refractivity (Wildman–Crippen MR) is 172 cm³/mol. The first-order valence-corrected chi connectivity index (χ1v) is 14.9. The van der Waals surface area contributed by atoms with Gasteiger partial charge in [-0.25, -0.2) is 0 Å². The SMILES string of the molecule is [B]N(C)c1ccc2c(N=Nc3c(C)cc4cc(S(=O)(=O)O)cc(NC(=O)c5ccccc5)c4c3O)c(OC[CH2-])cc(C)c2c1.[Cu+]. The number of benzene rings is 5. The molecule has 0 aliphatic rings. The van der Waals surface area contributed by atoms with Gasteiger partial charge in [-0.1, -0.05) is 18.2 Å². The molecule has 0 spiro atoms. The largest absolute Gasteiger partial charge is 1.00 e. The molecule has 0 bridgehead atoms. The van der Waals surface area contributed by atoms with E-state index in [-0.39, 0.29) is 51.6 Å². The molecule has 13 heteroatoms. The number of hydrogen-bond donors (Lipinski definition) is 3. The molecule has 0 fully saturated rings. The minimum absolute atomic E-state index is 0. The second-order valence-electron chi connectivity index (χ2n) is 10.2. The van der Waals surface area contributed by atoms with Crippen molar-refractivity contribution in [2.45, 2.75) is 18.7 Å². The number of nitrogens with one attached hydrogen (secondary N) is 1. The van der Waals surface area contributed by atoms with Gasteiger partial charge in [0.05, 0.1) is 10.6 Å². The summed E-state index contributed by atoms with van der Waals surface area (Å²) in [4.78, 5) is 14.1. The van der Waals surface area contributed by atoms with E-state index in [2.05, 4.69) is 22.5 Å². The molecule has 0 unspecified atom stereocenters. The third-order valence-corrected chi connectivity index (χ3v) is 7.94. The van der Waals surface area contributed by atoms with Crippen molar-refractivity contribution < 1.29 is 44.7 Å². The standard InChI is InChI=1S/C32H28BN4O6S.Cu/c1-5-43-27-14-18(2)25-16-22(37(4)33)11-12-24(25)30(27)36-35-29-19(3)13-21-15-23(44(40,41)42)17-26(28(21)31(29)38)34-32(39)20-9-7-6-8-10-20;/h6-17,38H,1,5H2,2-4H3,(H,34,39)(H,40,41,42);/q-1;+1. The number of hydrogen-bond acceptors (Lipinski definition) is 8. The Morgan fingerprint density at radius 2 is 1.67 bits per heavy atom. The summed E-state index contributed by atoms with van der Waals surface area (Å²) < 4.78 is 39.7. The topological polar surface area (TPSA) is 141 Å². The van der Waals surface area contributed by atoms with Crippen molar-refractivity contribution >= 4 is 68.3 Å². The van der Waals surface area contributed by atoms with Crippen LogP contribution in [0.3, 0.4) is 0 Å². The Morgan fingerprint density at radius 1 is 0.978 bits per heavy atom. The zero-order chi connectivity index (χ0) is 31.8. The van der Waals surface area contributed by atoms with Gasteiger partial charge < -0.3 is 26.9 Å². The summed E-state index contributed by atoms with van der Waals surface area (Å²) in [7, 11) is 3.04. The maximum Gasteiger partial charge on any atom is 1.00 e. The second-order valence-corrected chi connectivity index (χ2v) is 11.6. The summed E-state index contributed by atoms with van der Waals surface area (Å²) in [5.41, 5.74) is 2.90. The molecule has 5 rings (SSSR count). The van der Waals surface area contributed by atoms with Crippen LogP contribution in [0.25, 0.3) is 21.5 Å². The number of aryl methyl sites for hydroxylation is 2. The van der Waals surface area contributed by atoms with E-state index < -0.39 is 20.9 Å². The molecule has 5 aromatic carbocycles. The Morgan fingerprint density at radius 3 is 2.31 bits per heavy atom. The molecule has 10 nitrogen and oxygen atoms in total. The van der Waals surface area contributed by atoms with Crippen molar-refractivity contribution in [1.82, 2.24) is 0 Å². The summed E-state index contributed by atoms with van der Waals surface area (Å²) in [6.07, 6.45) is 0. The fraction of sp³-hybridized carbons (Fsp3) is 0.125. The van der Waals surface area contributed by atoms with Gasteiger partial charge in [0.25, 0.3) is 16.0 Å². The van der Waals surface area contributed by atoms with Crippen LogP contribution in [0, 0.1) is 20.8 Å². The normalized spacial score (nSPS) is 11.5. The Kier molecular flexibility index (Phi) is 9.89. The summed E-state index contributed by atoms with van der Waals surface area (Å²) in [6.45, 7) is 7.52. The minimum atomic E-state index is -4.65. The van der Waals surface area contributed by atoms with Gasteiger partial charge in [0, 0.05) is 22.0 Å². The van der Waals surface area contributed by atoms with Gasteiger partial charge in [0.2, 0.25) is 7.98 Å². The van der Waals surface area contributed by atoms with E-state index in [0.29, 0.717) is 22.6 Å². The zero-order valence-corrected chi connectivity index (χ0v) is 26.3. The first kappa shape index (κ1) is 33.5. The van der Waals surface area contributed by atoms with Crippen LogP contribution in [0.2, 0.25) is 0 Å². The van der Waals surface area contributed by atoms with Crippen molar-refractivity contribution in [3.63, 3.8) is 0 Å². The number of nitrogens with zero attached hydrogens (tertiary/aromatic N) is 3. The number of phenolic OH excluding ortho intramolecular Hbond substituents is 1. The summed E-state index contributed by atoms with van der Waals surface area (Å²) in [6, 6.07) is 19.6. The number of amides is 1. The summed E-state index contributed by atoms with van der Waals surface area (Å²) in [5, 5.41) is 25.1. The van der Waals surface area contributed by atoms with Crippen LogP contribution in [0.1, 0.15) is 21.5 Å². The predicted octanol–water partition coefficient (Wildman–Crippen LogP) is 6.96. The quantitative estimate of drug-likeness (QED) is 0.0702. The number of rotatable bonds is 8. The van der Waals surface area contributed by atoms with Crippen molar-refractivity contribution in [3.8, 4) is 11.5 Å². The Hall–Kier alpha value is -4.42. The molecular weight excluding hydrogens is 643 g/mol. The van der Waals surface area contributed by atoms with Crippen molar-refractivity contribution in [1.29, 1.82) is 0 Å². The van der Waals surface area contributed by atoms with E-state index in [1.807, 2.05) is 31.2 Å². The van der Waals surface area contributed by atoms with E-state index in [1.165, 1.54) is 10.9 Å². The van der Waals surface area contributed by atoms with E-state index in [4.69, 9.17) is 12.7 Å². The third-order valence-electron chi connectivity index (χ3n) is 7.11. The molecule has 1 amide bonds. The van der Waals surface area contributed by atoms with E-state index in [0.717, 1.165) is 28.1 Å². The molecule has 0 saturated carbocycles. The van der Waals surface area contributed by atoms with Gasteiger partial charge in [0.15, 0.2) is 5.75 Å². The maximum atomic E-state index is 13.0. The summed E-state index contributed by atoms with van der Waals surface area (Å²) >= 11 is 0. The number of aromatic hydroxyl groups is 1. The van der Waals surface area contributed by atoms with Crippen LogP contribution in [-0.2, 0) is 27.2 Å². The number of anilines is 2. The van der Waals surface area contributed by atoms with Gasteiger partial charge in [-0.15, -0.1) is 10.2 Å². The molecule has 3 N–H and O–H groups in total. The molecule has 5 aromatic rings. The molecule has 0 aliphatic heterocycles. The number of ether oxygens (including phenoxy) is 1. The molecule has 45 heavy (non-hydrogen) atoms. The molecular formula is C32H28BCuN4O6S. The Labute approximate surface area is 272 Å². The number of carbonyl (C=O) groups is 1. The van der Waals surface area contributed by atoms with Crippen LogP contribution in [0.15, 0.2) is 87.9 Å². The number of carbonyl (C=O) groups excluding carboxylic acids is 1. The molecule has 232 valence electrons. The summed E-state index contributed by atoms with van der Waals surface area (Å²) in [5.74, 6) is -0.461. The van der Waals surface area contributed by atoms with Crippen LogP contribution >= 0.6 is 0 Å². The smallest absolute Gasteiger partial charge is 0.523 e. The first-order valence-electron chi connectivity index (χ1n) is 13.4. The molecule has 0 aromatic heterocycles. The maximum absolute atomic E-state index is 13.0.